The van der Waals surface area contributed by atoms with Crippen molar-refractivity contribution in [3.05, 3.63) is 16.7 Å². The van der Waals surface area contributed by atoms with Gasteiger partial charge in [-0.15, -0.1) is 0 Å². The van der Waals surface area contributed by atoms with Crippen LogP contribution in [0, 0.1) is 0 Å². The maximum absolute atomic E-state index is 11.0. The highest BCUT2D eigenvalue weighted by molar-refractivity contribution is 6.32. The molecule has 3 rings (SSSR count). The summed E-state index contributed by atoms with van der Waals surface area (Å²) in [6, 6.07) is 1.71. The molecule has 0 atom stereocenters. The minimum Gasteiger partial charge on any atom is -0.495 e. The van der Waals surface area contributed by atoms with E-state index in [1.165, 1.54) is 0 Å². The van der Waals surface area contributed by atoms with E-state index in [0.29, 0.717) is 35.5 Å². The summed E-state index contributed by atoms with van der Waals surface area (Å²) in [6.45, 7) is 1.12. The van der Waals surface area contributed by atoms with Gasteiger partial charge in [-0.05, 0) is 12.8 Å². The summed E-state index contributed by atoms with van der Waals surface area (Å²) >= 11 is 6.36. The lowest BCUT2D eigenvalue weighted by molar-refractivity contribution is 0.290. The third kappa shape index (κ3) is 2.44. The molecule has 1 fully saturated rings. The Kier molecular flexibility index (Phi) is 4.27. The SMILES string of the molecule is COc1c(Cl)cc2c(c1C1(N=C=O)CCCC1)OCCCO2. The van der Waals surface area contributed by atoms with Crippen molar-refractivity contribution in [2.24, 2.45) is 4.99 Å². The third-order valence-corrected chi connectivity index (χ3v) is 4.59. The lowest BCUT2D eigenvalue weighted by atomic mass is 9.87. The largest absolute Gasteiger partial charge is 0.495 e. The lowest BCUT2D eigenvalue weighted by Gasteiger charge is -2.28. The van der Waals surface area contributed by atoms with Gasteiger partial charge in [0.15, 0.2) is 11.5 Å². The van der Waals surface area contributed by atoms with Gasteiger partial charge in [-0.25, -0.2) is 4.79 Å². The average molecular weight is 324 g/mol. The van der Waals surface area contributed by atoms with E-state index >= 15 is 0 Å². The van der Waals surface area contributed by atoms with E-state index in [4.69, 9.17) is 25.8 Å². The molecule has 2 aliphatic rings. The molecule has 0 unspecified atom stereocenters. The van der Waals surface area contributed by atoms with Crippen LogP contribution in [0.2, 0.25) is 5.02 Å². The molecule has 0 radical (unpaired) electrons. The van der Waals surface area contributed by atoms with Crippen LogP contribution >= 0.6 is 11.6 Å². The Balaban J connectivity index is 2.27. The van der Waals surface area contributed by atoms with E-state index in [9.17, 15) is 4.79 Å². The topological polar surface area (TPSA) is 57.1 Å². The molecule has 0 saturated heterocycles. The van der Waals surface area contributed by atoms with E-state index in [2.05, 4.69) is 4.99 Å². The summed E-state index contributed by atoms with van der Waals surface area (Å²) in [5, 5.41) is 0.439. The minimum absolute atomic E-state index is 0.439. The highest BCUT2D eigenvalue weighted by atomic mass is 35.5. The fraction of sp³-hybridized carbons (Fsp3) is 0.562. The maximum Gasteiger partial charge on any atom is 0.235 e. The molecule has 1 aromatic rings. The van der Waals surface area contributed by atoms with Crippen LogP contribution in [-0.2, 0) is 10.3 Å². The van der Waals surface area contributed by atoms with E-state index in [1.54, 1.807) is 19.3 Å². The third-order valence-electron chi connectivity index (χ3n) is 4.31. The van der Waals surface area contributed by atoms with E-state index in [0.717, 1.165) is 37.7 Å². The second-order valence-corrected chi connectivity index (χ2v) is 5.99. The molecule has 22 heavy (non-hydrogen) atoms. The quantitative estimate of drug-likeness (QED) is 0.630. The minimum atomic E-state index is -0.685. The molecule has 1 heterocycles. The summed E-state index contributed by atoms with van der Waals surface area (Å²) in [6.07, 6.45) is 5.97. The Morgan fingerprint density at radius 3 is 2.68 bits per heavy atom. The van der Waals surface area contributed by atoms with Crippen LogP contribution in [0.15, 0.2) is 11.1 Å². The number of ether oxygens (including phenoxy) is 3. The van der Waals surface area contributed by atoms with E-state index < -0.39 is 5.54 Å². The Morgan fingerprint density at radius 2 is 2.00 bits per heavy atom. The predicted octanol–water partition coefficient (Wildman–Crippen LogP) is 3.62. The number of nitrogens with zero attached hydrogens (tertiary/aromatic N) is 1. The Hall–Kier alpha value is -1.71. The zero-order valence-corrected chi connectivity index (χ0v) is 13.2. The number of halogens is 1. The van der Waals surface area contributed by atoms with Gasteiger partial charge < -0.3 is 14.2 Å². The maximum atomic E-state index is 11.0. The molecule has 118 valence electrons. The Labute approximate surface area is 134 Å². The van der Waals surface area contributed by atoms with Crippen molar-refractivity contribution < 1.29 is 19.0 Å². The molecule has 0 aromatic heterocycles. The number of benzene rings is 1. The normalized spacial score (nSPS) is 19.2. The molecule has 0 spiro atoms. The highest BCUT2D eigenvalue weighted by Crippen LogP contribution is 2.54. The molecular formula is C16H18ClNO4. The zero-order chi connectivity index (χ0) is 15.6. The van der Waals surface area contributed by atoms with Crippen LogP contribution in [0.1, 0.15) is 37.7 Å². The summed E-state index contributed by atoms with van der Waals surface area (Å²) < 4.78 is 17.2. The molecule has 1 aromatic carbocycles. The highest BCUT2D eigenvalue weighted by Gasteiger charge is 2.43. The van der Waals surface area contributed by atoms with Gasteiger partial charge in [0.05, 0.1) is 30.9 Å². The van der Waals surface area contributed by atoms with Gasteiger partial charge in [-0.3, -0.25) is 0 Å². The molecule has 1 aliphatic carbocycles. The predicted molar refractivity (Wildman–Crippen MR) is 81.9 cm³/mol. The van der Waals surface area contributed by atoms with Gasteiger partial charge in [0.2, 0.25) is 6.08 Å². The van der Waals surface area contributed by atoms with Crippen LogP contribution in [0.5, 0.6) is 17.2 Å². The first-order valence-corrected chi connectivity index (χ1v) is 7.85. The average Bonchev–Trinajstić information content (AvgIpc) is 2.85. The second-order valence-electron chi connectivity index (χ2n) is 5.59. The van der Waals surface area contributed by atoms with Crippen LogP contribution < -0.4 is 14.2 Å². The molecular weight excluding hydrogens is 306 g/mol. The molecule has 0 bridgehead atoms. The van der Waals surface area contributed by atoms with E-state index in [1.807, 2.05) is 0 Å². The molecule has 1 saturated carbocycles. The van der Waals surface area contributed by atoms with Crippen molar-refractivity contribution in [2.75, 3.05) is 20.3 Å². The van der Waals surface area contributed by atoms with Gasteiger partial charge in [0.1, 0.15) is 11.3 Å². The van der Waals surface area contributed by atoms with Crippen LogP contribution in [-0.4, -0.2) is 26.4 Å². The van der Waals surface area contributed by atoms with Crippen molar-refractivity contribution >= 4 is 17.7 Å². The zero-order valence-electron chi connectivity index (χ0n) is 12.5. The first-order chi connectivity index (χ1) is 10.7. The van der Waals surface area contributed by atoms with Crippen molar-refractivity contribution in [1.82, 2.24) is 0 Å². The van der Waals surface area contributed by atoms with Gasteiger partial charge in [0.25, 0.3) is 0 Å². The standard InChI is InChI=1S/C16H18ClNO4/c1-20-14-11(17)9-12-15(22-8-4-7-21-12)13(14)16(18-10-19)5-2-3-6-16/h9H,2-8H2,1H3. The van der Waals surface area contributed by atoms with Gasteiger partial charge in [-0.1, -0.05) is 24.4 Å². The van der Waals surface area contributed by atoms with Crippen LogP contribution in [0.3, 0.4) is 0 Å². The monoisotopic (exact) mass is 323 g/mol. The number of fused-ring (bicyclic) bond motifs is 1. The Bertz CT molecular complexity index is 619. The summed E-state index contributed by atoms with van der Waals surface area (Å²) in [5.74, 6) is 1.69. The summed E-state index contributed by atoms with van der Waals surface area (Å²) in [4.78, 5) is 15.2. The van der Waals surface area contributed by atoms with Crippen molar-refractivity contribution in [2.45, 2.75) is 37.6 Å². The van der Waals surface area contributed by atoms with Gasteiger partial charge in [0, 0.05) is 12.5 Å². The van der Waals surface area contributed by atoms with Crippen molar-refractivity contribution in [3.63, 3.8) is 0 Å². The number of isocyanates is 1. The molecule has 0 amide bonds. The lowest BCUT2D eigenvalue weighted by Crippen LogP contribution is -2.22. The number of methoxy groups -OCH3 is 1. The molecule has 0 N–H and O–H groups in total. The summed E-state index contributed by atoms with van der Waals surface area (Å²) in [7, 11) is 1.56. The number of hydrogen-bond donors (Lipinski definition) is 0. The molecule has 6 heteroatoms. The molecule has 5 nitrogen and oxygen atoms in total. The smallest absolute Gasteiger partial charge is 0.235 e. The number of carbonyl (C=O) groups excluding carboxylic acids is 1. The van der Waals surface area contributed by atoms with Crippen molar-refractivity contribution in [3.8, 4) is 17.2 Å². The number of aliphatic imine (C=N–C) groups is 1. The second kappa shape index (κ2) is 6.19. The summed E-state index contributed by atoms with van der Waals surface area (Å²) in [5.41, 5.74) is 0.0377. The van der Waals surface area contributed by atoms with Gasteiger partial charge in [-0.2, -0.15) is 4.99 Å². The first-order valence-electron chi connectivity index (χ1n) is 7.47. The van der Waals surface area contributed by atoms with Gasteiger partial charge >= 0.3 is 0 Å². The Morgan fingerprint density at radius 1 is 1.27 bits per heavy atom. The molecule has 1 aliphatic heterocycles. The number of rotatable bonds is 3. The fourth-order valence-corrected chi connectivity index (χ4v) is 3.62. The van der Waals surface area contributed by atoms with E-state index in [-0.39, 0.29) is 0 Å². The number of hydrogen-bond acceptors (Lipinski definition) is 5. The van der Waals surface area contributed by atoms with Crippen molar-refractivity contribution in [1.29, 1.82) is 0 Å². The first kappa shape index (κ1) is 15.2. The van der Waals surface area contributed by atoms with Crippen LogP contribution in [0.4, 0.5) is 0 Å². The van der Waals surface area contributed by atoms with Crippen LogP contribution in [0.25, 0.3) is 0 Å². The fourth-order valence-electron chi connectivity index (χ4n) is 3.34.